The standard InChI is InChI=1S/C12H22N4/c1-4-5-6-7-8-14-12-9-11(13-3)15-10(2)16-12/h9H,4-8H2,1-3H3,(H2,13,14,15,16). The average molecular weight is 222 g/mol. The van der Waals surface area contributed by atoms with E-state index in [2.05, 4.69) is 27.5 Å². The summed E-state index contributed by atoms with van der Waals surface area (Å²) in [7, 11) is 1.87. The summed E-state index contributed by atoms with van der Waals surface area (Å²) in [4.78, 5) is 8.59. The Morgan fingerprint density at radius 1 is 1.12 bits per heavy atom. The highest BCUT2D eigenvalue weighted by molar-refractivity contribution is 5.46. The molecule has 1 aromatic rings. The van der Waals surface area contributed by atoms with Crippen molar-refractivity contribution in [3.8, 4) is 0 Å². The van der Waals surface area contributed by atoms with Crippen LogP contribution in [0.4, 0.5) is 11.6 Å². The Hall–Kier alpha value is -1.32. The molecule has 1 aromatic heterocycles. The molecule has 1 rings (SSSR count). The second-order valence-electron chi connectivity index (χ2n) is 3.92. The van der Waals surface area contributed by atoms with Crippen molar-refractivity contribution in [3.05, 3.63) is 11.9 Å². The van der Waals surface area contributed by atoms with Gasteiger partial charge in [0.05, 0.1) is 0 Å². The van der Waals surface area contributed by atoms with Crippen LogP contribution in [0.2, 0.25) is 0 Å². The number of aryl methyl sites for hydroxylation is 1. The van der Waals surface area contributed by atoms with Crippen molar-refractivity contribution in [2.45, 2.75) is 39.5 Å². The van der Waals surface area contributed by atoms with Crippen molar-refractivity contribution < 1.29 is 0 Å². The Bertz CT molecular complexity index is 312. The van der Waals surface area contributed by atoms with Gasteiger partial charge in [-0.05, 0) is 13.3 Å². The molecule has 90 valence electrons. The topological polar surface area (TPSA) is 49.8 Å². The van der Waals surface area contributed by atoms with Crippen molar-refractivity contribution in [2.75, 3.05) is 24.2 Å². The summed E-state index contributed by atoms with van der Waals surface area (Å²) in [5.74, 6) is 2.57. The Morgan fingerprint density at radius 2 is 1.88 bits per heavy atom. The van der Waals surface area contributed by atoms with Crippen molar-refractivity contribution in [1.82, 2.24) is 9.97 Å². The first-order valence-electron chi connectivity index (χ1n) is 6.03. The molecule has 0 unspecified atom stereocenters. The van der Waals surface area contributed by atoms with E-state index >= 15 is 0 Å². The van der Waals surface area contributed by atoms with Gasteiger partial charge in [0.2, 0.25) is 0 Å². The maximum atomic E-state index is 4.34. The first-order chi connectivity index (χ1) is 7.76. The lowest BCUT2D eigenvalue weighted by molar-refractivity contribution is 0.684. The number of anilines is 2. The molecular formula is C12H22N4. The monoisotopic (exact) mass is 222 g/mol. The average Bonchev–Trinajstić information content (AvgIpc) is 2.28. The lowest BCUT2D eigenvalue weighted by Crippen LogP contribution is -2.06. The maximum absolute atomic E-state index is 4.34. The summed E-state index contributed by atoms with van der Waals surface area (Å²) in [6.45, 7) is 5.11. The quantitative estimate of drug-likeness (QED) is 0.696. The molecular weight excluding hydrogens is 200 g/mol. The summed E-state index contributed by atoms with van der Waals surface area (Å²) in [5.41, 5.74) is 0. The highest BCUT2D eigenvalue weighted by Crippen LogP contribution is 2.10. The molecule has 0 aliphatic rings. The van der Waals surface area contributed by atoms with E-state index in [4.69, 9.17) is 0 Å². The maximum Gasteiger partial charge on any atom is 0.131 e. The van der Waals surface area contributed by atoms with Crippen molar-refractivity contribution in [2.24, 2.45) is 0 Å². The number of rotatable bonds is 7. The van der Waals surface area contributed by atoms with Crippen LogP contribution in [-0.2, 0) is 0 Å². The number of hydrogen-bond donors (Lipinski definition) is 2. The fourth-order valence-electron chi connectivity index (χ4n) is 1.55. The van der Waals surface area contributed by atoms with Gasteiger partial charge in [-0.15, -0.1) is 0 Å². The Morgan fingerprint density at radius 3 is 2.56 bits per heavy atom. The van der Waals surface area contributed by atoms with Gasteiger partial charge in [0.1, 0.15) is 17.5 Å². The highest BCUT2D eigenvalue weighted by Gasteiger charge is 1.99. The highest BCUT2D eigenvalue weighted by atomic mass is 15.1. The summed E-state index contributed by atoms with van der Waals surface area (Å²) in [5, 5.41) is 6.36. The van der Waals surface area contributed by atoms with E-state index in [1.807, 2.05) is 20.0 Å². The van der Waals surface area contributed by atoms with Crippen LogP contribution in [0.5, 0.6) is 0 Å². The van der Waals surface area contributed by atoms with E-state index < -0.39 is 0 Å². The molecule has 0 aliphatic heterocycles. The van der Waals surface area contributed by atoms with E-state index in [0.29, 0.717) is 0 Å². The van der Waals surface area contributed by atoms with Crippen molar-refractivity contribution in [3.63, 3.8) is 0 Å². The van der Waals surface area contributed by atoms with Gasteiger partial charge in [-0.1, -0.05) is 26.2 Å². The molecule has 1 heterocycles. The molecule has 0 spiro atoms. The lowest BCUT2D eigenvalue weighted by Gasteiger charge is -2.07. The van der Waals surface area contributed by atoms with Gasteiger partial charge in [0, 0.05) is 19.7 Å². The summed E-state index contributed by atoms with van der Waals surface area (Å²) < 4.78 is 0. The Labute approximate surface area is 97.9 Å². The van der Waals surface area contributed by atoms with E-state index in [0.717, 1.165) is 24.0 Å². The predicted molar refractivity (Wildman–Crippen MR) is 68.9 cm³/mol. The third-order valence-electron chi connectivity index (χ3n) is 2.43. The molecule has 4 heteroatoms. The van der Waals surface area contributed by atoms with Gasteiger partial charge in [-0.2, -0.15) is 0 Å². The predicted octanol–water partition coefficient (Wildman–Crippen LogP) is 2.82. The summed E-state index contributed by atoms with van der Waals surface area (Å²) in [6, 6.07) is 1.94. The van der Waals surface area contributed by atoms with Crippen LogP contribution in [0.25, 0.3) is 0 Å². The number of nitrogens with one attached hydrogen (secondary N) is 2. The van der Waals surface area contributed by atoms with Gasteiger partial charge >= 0.3 is 0 Å². The SMILES string of the molecule is CCCCCCNc1cc(NC)nc(C)n1. The molecule has 0 saturated carbocycles. The molecule has 0 bridgehead atoms. The molecule has 0 fully saturated rings. The van der Waals surface area contributed by atoms with Gasteiger partial charge in [0.25, 0.3) is 0 Å². The smallest absolute Gasteiger partial charge is 0.131 e. The van der Waals surface area contributed by atoms with Gasteiger partial charge in [-0.25, -0.2) is 9.97 Å². The van der Waals surface area contributed by atoms with Crippen molar-refractivity contribution >= 4 is 11.6 Å². The number of nitrogens with zero attached hydrogens (tertiary/aromatic N) is 2. The molecule has 4 nitrogen and oxygen atoms in total. The van der Waals surface area contributed by atoms with E-state index in [9.17, 15) is 0 Å². The van der Waals surface area contributed by atoms with Crippen LogP contribution in [0, 0.1) is 6.92 Å². The van der Waals surface area contributed by atoms with Gasteiger partial charge in [0.15, 0.2) is 0 Å². The summed E-state index contributed by atoms with van der Waals surface area (Å²) in [6.07, 6.45) is 5.07. The molecule has 16 heavy (non-hydrogen) atoms. The molecule has 2 N–H and O–H groups in total. The molecule has 0 saturated heterocycles. The zero-order valence-corrected chi connectivity index (χ0v) is 10.5. The first-order valence-corrected chi connectivity index (χ1v) is 6.03. The second-order valence-corrected chi connectivity index (χ2v) is 3.92. The van der Waals surface area contributed by atoms with Crippen LogP contribution in [0.1, 0.15) is 38.4 Å². The minimum Gasteiger partial charge on any atom is -0.373 e. The van der Waals surface area contributed by atoms with E-state index in [1.165, 1.54) is 25.7 Å². The van der Waals surface area contributed by atoms with Crippen LogP contribution >= 0.6 is 0 Å². The lowest BCUT2D eigenvalue weighted by atomic mass is 10.2. The first kappa shape index (κ1) is 12.7. The van der Waals surface area contributed by atoms with Crippen LogP contribution in [-0.4, -0.2) is 23.6 Å². The van der Waals surface area contributed by atoms with Gasteiger partial charge < -0.3 is 10.6 Å². The van der Waals surface area contributed by atoms with Gasteiger partial charge in [-0.3, -0.25) is 0 Å². The number of unbranched alkanes of at least 4 members (excludes halogenated alkanes) is 3. The Kier molecular flexibility index (Phi) is 5.61. The fourth-order valence-corrected chi connectivity index (χ4v) is 1.55. The normalized spacial score (nSPS) is 10.2. The zero-order chi connectivity index (χ0) is 11.8. The van der Waals surface area contributed by atoms with E-state index in [1.54, 1.807) is 0 Å². The molecule has 0 aromatic carbocycles. The van der Waals surface area contributed by atoms with E-state index in [-0.39, 0.29) is 0 Å². The molecule has 0 atom stereocenters. The molecule has 0 amide bonds. The largest absolute Gasteiger partial charge is 0.373 e. The summed E-state index contributed by atoms with van der Waals surface area (Å²) >= 11 is 0. The molecule has 0 aliphatic carbocycles. The molecule has 0 radical (unpaired) electrons. The fraction of sp³-hybridized carbons (Fsp3) is 0.667. The minimum absolute atomic E-state index is 0.794. The zero-order valence-electron chi connectivity index (χ0n) is 10.5. The van der Waals surface area contributed by atoms with Crippen LogP contribution in [0.15, 0.2) is 6.07 Å². The van der Waals surface area contributed by atoms with Crippen molar-refractivity contribution in [1.29, 1.82) is 0 Å². The number of hydrogen-bond acceptors (Lipinski definition) is 4. The van der Waals surface area contributed by atoms with Crippen LogP contribution < -0.4 is 10.6 Å². The third kappa shape index (κ3) is 4.47. The number of aromatic nitrogens is 2. The minimum atomic E-state index is 0.794. The Balaban J connectivity index is 2.38. The third-order valence-corrected chi connectivity index (χ3v) is 2.43. The second kappa shape index (κ2) is 7.04. The van der Waals surface area contributed by atoms with Crippen LogP contribution in [0.3, 0.4) is 0 Å².